The van der Waals surface area contributed by atoms with Crippen LogP contribution in [-0.4, -0.2) is 11.9 Å². The molecule has 52 valence electrons. The largest absolute Gasteiger partial charge is 1.00 e. The van der Waals surface area contributed by atoms with E-state index in [4.69, 9.17) is 0 Å². The van der Waals surface area contributed by atoms with Gasteiger partial charge in [0.2, 0.25) is 0 Å². The normalized spacial score (nSPS) is 8.91. The first-order valence-electron chi connectivity index (χ1n) is 2.32. The molecule has 0 aliphatic heterocycles. The zero-order valence-electron chi connectivity index (χ0n) is 7.13. The van der Waals surface area contributed by atoms with Crippen LogP contribution in [0.2, 0.25) is 0 Å². The SMILES string of the molecule is CC(C)(C(=O)[O-])C(=O)[O-].[Cs+].[Cs+]. The van der Waals surface area contributed by atoms with Gasteiger partial charge in [-0.05, 0) is 13.8 Å². The summed E-state index contributed by atoms with van der Waals surface area (Å²) in [6, 6.07) is 0. The standard InChI is InChI=1S/C5H8O4.2Cs/c1-5(2,3(6)7)4(8)9;;/h1-2H3,(H,6,7)(H,8,9);;/q;2*+1/p-2. The Kier molecular flexibility index (Phi) is 14.9. The molecule has 0 aromatic carbocycles. The average molecular weight is 396 g/mol. The molecule has 0 spiro atoms. The van der Waals surface area contributed by atoms with Gasteiger partial charge >= 0.3 is 138 Å². The molecule has 0 bridgehead atoms. The summed E-state index contributed by atoms with van der Waals surface area (Å²) in [5.74, 6) is -3.27. The van der Waals surface area contributed by atoms with Crippen LogP contribution in [0.5, 0.6) is 0 Å². The van der Waals surface area contributed by atoms with Crippen molar-refractivity contribution in [1.29, 1.82) is 0 Å². The molecule has 0 atom stereocenters. The summed E-state index contributed by atoms with van der Waals surface area (Å²) >= 11 is 0. The fourth-order valence-corrected chi connectivity index (χ4v) is 0.0833. The third-order valence-electron chi connectivity index (χ3n) is 1.02. The molecule has 4 nitrogen and oxygen atoms in total. The van der Waals surface area contributed by atoms with Crippen LogP contribution in [0.3, 0.4) is 0 Å². The molecule has 11 heavy (non-hydrogen) atoms. The fraction of sp³-hybridized carbons (Fsp3) is 0.600. The summed E-state index contributed by atoms with van der Waals surface area (Å²) in [6.45, 7) is 2.02. The molecule has 6 heteroatoms. The molecule has 0 radical (unpaired) electrons. The first-order valence-corrected chi connectivity index (χ1v) is 2.32. The van der Waals surface area contributed by atoms with E-state index in [1.54, 1.807) is 0 Å². The van der Waals surface area contributed by atoms with Crippen molar-refractivity contribution in [2.45, 2.75) is 13.8 Å². The predicted molar refractivity (Wildman–Crippen MR) is 23.8 cm³/mol. The second-order valence-corrected chi connectivity index (χ2v) is 2.20. The Hall–Kier alpha value is 3.04. The summed E-state index contributed by atoms with van der Waals surface area (Å²) in [7, 11) is 0. The van der Waals surface area contributed by atoms with E-state index in [0.717, 1.165) is 13.8 Å². The predicted octanol–water partition coefficient (Wildman–Crippen LogP) is -8.48. The molecule has 0 amide bonds. The number of rotatable bonds is 2. The van der Waals surface area contributed by atoms with Gasteiger partial charge in [-0.15, -0.1) is 0 Å². The van der Waals surface area contributed by atoms with Crippen LogP contribution in [0.25, 0.3) is 0 Å². The van der Waals surface area contributed by atoms with Crippen molar-refractivity contribution in [3.05, 3.63) is 0 Å². The summed E-state index contributed by atoms with van der Waals surface area (Å²) in [5.41, 5.74) is -1.89. The molecular formula is C5H6Cs2O4. The number of hydrogen-bond acceptors (Lipinski definition) is 4. The van der Waals surface area contributed by atoms with Crippen LogP contribution in [0, 0.1) is 5.41 Å². The average Bonchev–Trinajstić information content (AvgIpc) is 1.65. The van der Waals surface area contributed by atoms with Crippen LogP contribution in [0.4, 0.5) is 0 Å². The van der Waals surface area contributed by atoms with E-state index in [9.17, 15) is 19.8 Å². The number of carboxylic acids is 2. The van der Waals surface area contributed by atoms with Crippen LogP contribution >= 0.6 is 0 Å². The quantitative estimate of drug-likeness (QED) is 0.435. The molecular weight excluding hydrogens is 390 g/mol. The Labute approximate surface area is 183 Å². The van der Waals surface area contributed by atoms with Crippen molar-refractivity contribution in [3.63, 3.8) is 0 Å². The van der Waals surface area contributed by atoms with Gasteiger partial charge in [-0.3, -0.25) is 0 Å². The molecule has 0 unspecified atom stereocenters. The molecule has 0 aromatic heterocycles. The maximum absolute atomic E-state index is 9.93. The Morgan fingerprint density at radius 2 is 1.18 bits per heavy atom. The molecule has 0 saturated carbocycles. The smallest absolute Gasteiger partial charge is 0.549 e. The third kappa shape index (κ3) is 7.03. The Morgan fingerprint density at radius 3 is 1.18 bits per heavy atom. The summed E-state index contributed by atoms with van der Waals surface area (Å²) in [4.78, 5) is 19.9. The molecule has 0 aliphatic carbocycles. The van der Waals surface area contributed by atoms with Gasteiger partial charge < -0.3 is 19.8 Å². The van der Waals surface area contributed by atoms with E-state index < -0.39 is 17.4 Å². The van der Waals surface area contributed by atoms with Crippen LogP contribution in [-0.2, 0) is 9.59 Å². The Morgan fingerprint density at radius 1 is 1.00 bits per heavy atom. The van der Waals surface area contributed by atoms with E-state index in [1.807, 2.05) is 0 Å². The van der Waals surface area contributed by atoms with Crippen molar-refractivity contribution in [1.82, 2.24) is 0 Å². The van der Waals surface area contributed by atoms with Gasteiger partial charge in [-0.2, -0.15) is 0 Å². The minimum absolute atomic E-state index is 0. The maximum Gasteiger partial charge on any atom is 1.00 e. The minimum atomic E-state index is -1.89. The van der Waals surface area contributed by atoms with E-state index in [1.165, 1.54) is 0 Å². The van der Waals surface area contributed by atoms with Crippen molar-refractivity contribution >= 4 is 11.9 Å². The van der Waals surface area contributed by atoms with Gasteiger partial charge in [-0.1, -0.05) is 0 Å². The summed E-state index contributed by atoms with van der Waals surface area (Å²) in [5, 5.41) is 19.9. The minimum Gasteiger partial charge on any atom is -0.549 e. The second-order valence-electron chi connectivity index (χ2n) is 2.20. The number of carbonyl (C=O) groups is 2. The van der Waals surface area contributed by atoms with Gasteiger partial charge in [0.05, 0.1) is 11.9 Å². The fourth-order valence-electron chi connectivity index (χ4n) is 0.0833. The van der Waals surface area contributed by atoms with Crippen LogP contribution < -0.4 is 148 Å². The maximum atomic E-state index is 9.93. The van der Waals surface area contributed by atoms with Gasteiger partial charge in [0.1, 0.15) is 0 Å². The summed E-state index contributed by atoms with van der Waals surface area (Å²) in [6.07, 6.45) is 0. The Balaban J connectivity index is -0.000000320. The topological polar surface area (TPSA) is 80.3 Å². The Bertz CT molecular complexity index is 139. The van der Waals surface area contributed by atoms with Gasteiger partial charge in [0.15, 0.2) is 0 Å². The zero-order chi connectivity index (χ0) is 7.65. The molecule has 0 saturated heterocycles. The molecule has 0 fully saturated rings. The number of aliphatic carboxylic acids is 2. The van der Waals surface area contributed by atoms with Gasteiger partial charge in [0.25, 0.3) is 0 Å². The number of hydrogen-bond donors (Lipinski definition) is 0. The van der Waals surface area contributed by atoms with Crippen molar-refractivity contribution in [2.75, 3.05) is 0 Å². The van der Waals surface area contributed by atoms with E-state index in [2.05, 4.69) is 0 Å². The van der Waals surface area contributed by atoms with E-state index >= 15 is 0 Å². The van der Waals surface area contributed by atoms with Gasteiger partial charge in [0, 0.05) is 5.41 Å². The molecule has 0 aliphatic rings. The van der Waals surface area contributed by atoms with Crippen LogP contribution in [0.15, 0.2) is 0 Å². The molecule has 0 aromatic rings. The number of carbonyl (C=O) groups excluding carboxylic acids is 2. The van der Waals surface area contributed by atoms with E-state index in [0.29, 0.717) is 0 Å². The van der Waals surface area contributed by atoms with Gasteiger partial charge in [-0.25, -0.2) is 0 Å². The number of carboxylic acid groups (broad SMARTS) is 2. The third-order valence-corrected chi connectivity index (χ3v) is 1.02. The van der Waals surface area contributed by atoms with Crippen LogP contribution in [0.1, 0.15) is 13.8 Å². The molecule has 0 rings (SSSR count). The van der Waals surface area contributed by atoms with Crippen molar-refractivity contribution in [2.24, 2.45) is 5.41 Å². The van der Waals surface area contributed by atoms with Crippen molar-refractivity contribution < 1.29 is 158 Å². The first kappa shape index (κ1) is 19.6. The molecule has 0 N–H and O–H groups in total. The first-order chi connectivity index (χ1) is 3.89. The molecule has 0 heterocycles. The summed E-state index contributed by atoms with van der Waals surface area (Å²) < 4.78 is 0. The van der Waals surface area contributed by atoms with Crippen molar-refractivity contribution in [3.8, 4) is 0 Å². The van der Waals surface area contributed by atoms with E-state index in [-0.39, 0.29) is 138 Å². The second kappa shape index (κ2) is 8.36. The zero-order valence-corrected chi connectivity index (χ0v) is 19.7. The monoisotopic (exact) mass is 396 g/mol.